The molecule has 0 saturated carbocycles. The Bertz CT molecular complexity index is 1690. The third kappa shape index (κ3) is 4.81. The van der Waals surface area contributed by atoms with Crippen molar-refractivity contribution in [3.8, 4) is 34.1 Å². The highest BCUT2D eigenvalue weighted by Crippen LogP contribution is 2.53. The van der Waals surface area contributed by atoms with Gasteiger partial charge in [0.1, 0.15) is 0 Å². The fourth-order valence-corrected chi connectivity index (χ4v) is 10.9. The number of hydrogen-bond acceptors (Lipinski definition) is 4. The van der Waals surface area contributed by atoms with E-state index in [0.29, 0.717) is 0 Å². The van der Waals surface area contributed by atoms with Crippen LogP contribution in [0.15, 0.2) is 146 Å². The maximum Gasteiger partial charge on any atom is 0.231 e. The summed E-state index contributed by atoms with van der Waals surface area (Å²) in [6.45, 7) is 0.350. The Kier molecular flexibility index (Phi) is 7.24. The molecule has 8 rings (SSSR count). The molecule has 2 heterocycles. The van der Waals surface area contributed by atoms with Crippen molar-refractivity contribution in [1.29, 1.82) is 0 Å². The summed E-state index contributed by atoms with van der Waals surface area (Å²) in [5.41, 5.74) is 2.02. The van der Waals surface area contributed by atoms with Gasteiger partial charge in [-0.25, -0.2) is 0 Å². The molecule has 2 aliphatic rings. The summed E-state index contributed by atoms with van der Waals surface area (Å²) < 4.78 is 24.7. The molecule has 0 atom stereocenters. The Labute approximate surface area is 259 Å². The summed E-state index contributed by atoms with van der Waals surface area (Å²) in [5, 5.41) is 7.40. The van der Waals surface area contributed by atoms with Gasteiger partial charge in [0.15, 0.2) is 23.0 Å². The number of rotatable bonds is 7. The molecule has 6 heteroatoms. The lowest BCUT2D eigenvalue weighted by Crippen LogP contribution is -2.26. The molecule has 0 saturated heterocycles. The third-order valence-electron chi connectivity index (χ3n) is 7.82. The monoisotopic (exact) mass is 610 g/mol. The van der Waals surface area contributed by atoms with Crippen molar-refractivity contribution in [3.05, 3.63) is 146 Å². The van der Waals surface area contributed by atoms with Gasteiger partial charge in [-0.05, 0) is 71.9 Å². The van der Waals surface area contributed by atoms with E-state index in [9.17, 15) is 0 Å². The first-order chi connectivity index (χ1) is 21.9. The highest BCUT2D eigenvalue weighted by Gasteiger charge is 2.35. The molecule has 4 nitrogen and oxygen atoms in total. The number of fused-ring (bicyclic) bond motifs is 2. The van der Waals surface area contributed by atoms with Gasteiger partial charge in [-0.1, -0.05) is 121 Å². The molecule has 6 aromatic carbocycles. The molecule has 214 valence electrons. The summed E-state index contributed by atoms with van der Waals surface area (Å²) in [5.74, 6) is 2.99. The van der Waals surface area contributed by atoms with Crippen LogP contribution in [-0.4, -0.2) is 13.6 Å². The van der Waals surface area contributed by atoms with Gasteiger partial charge in [0.2, 0.25) is 13.6 Å². The Hall–Kier alpha value is -4.62. The first kappa shape index (κ1) is 27.0. The van der Waals surface area contributed by atoms with Crippen molar-refractivity contribution in [2.24, 2.45) is 0 Å². The molecule has 0 N–H and O–H groups in total. The number of benzene rings is 6. The van der Waals surface area contributed by atoms with Gasteiger partial charge in [0.05, 0.1) is 0 Å². The summed E-state index contributed by atoms with van der Waals surface area (Å²) >= 11 is 0. The van der Waals surface area contributed by atoms with Crippen LogP contribution in [0.2, 0.25) is 0 Å². The van der Waals surface area contributed by atoms with Crippen LogP contribution in [0.4, 0.5) is 0 Å². The highest BCUT2D eigenvalue weighted by atomic mass is 31.1. The predicted molar refractivity (Wildman–Crippen MR) is 182 cm³/mol. The average Bonchev–Trinajstić information content (AvgIpc) is 3.77. The van der Waals surface area contributed by atoms with Crippen molar-refractivity contribution in [1.82, 2.24) is 0 Å². The Morgan fingerprint density at radius 1 is 0.341 bits per heavy atom. The van der Waals surface area contributed by atoms with E-state index >= 15 is 0 Å². The Balaban J connectivity index is 1.46. The molecule has 0 aromatic heterocycles. The zero-order chi connectivity index (χ0) is 29.3. The molecule has 0 radical (unpaired) electrons. The lowest BCUT2D eigenvalue weighted by atomic mass is 10.0. The summed E-state index contributed by atoms with van der Waals surface area (Å²) in [7, 11) is -1.94. The maximum absolute atomic E-state index is 6.35. The van der Waals surface area contributed by atoms with Gasteiger partial charge >= 0.3 is 0 Å². The van der Waals surface area contributed by atoms with Gasteiger partial charge in [0.25, 0.3) is 0 Å². The average molecular weight is 611 g/mol. The second kappa shape index (κ2) is 11.8. The molecule has 6 aromatic rings. The van der Waals surface area contributed by atoms with Crippen molar-refractivity contribution >= 4 is 47.7 Å². The molecule has 0 fully saturated rings. The molecular weight excluding hydrogens is 582 g/mol. The normalized spacial score (nSPS) is 13.0. The van der Waals surface area contributed by atoms with Crippen molar-refractivity contribution < 1.29 is 18.9 Å². The van der Waals surface area contributed by atoms with E-state index in [4.69, 9.17) is 18.9 Å². The third-order valence-corrected chi connectivity index (χ3v) is 12.8. The van der Waals surface area contributed by atoms with Gasteiger partial charge in [-0.15, -0.1) is 0 Å². The molecule has 0 bridgehead atoms. The topological polar surface area (TPSA) is 36.9 Å². The highest BCUT2D eigenvalue weighted by molar-refractivity contribution is 7.80. The van der Waals surface area contributed by atoms with E-state index in [-0.39, 0.29) is 13.6 Å². The van der Waals surface area contributed by atoms with Crippen LogP contribution in [0, 0.1) is 0 Å². The SMILES string of the molecule is c1ccc(P(c2ccccc2)c2ccc3c(c2-c2c(P(c4ccccc4)c4ccccc4)ccc4c2OCO4)OCO3)cc1. The lowest BCUT2D eigenvalue weighted by Gasteiger charge is -2.27. The largest absolute Gasteiger partial charge is 0.454 e. The van der Waals surface area contributed by atoms with Gasteiger partial charge in [0, 0.05) is 11.1 Å². The fourth-order valence-electron chi connectivity index (χ4n) is 5.94. The van der Waals surface area contributed by atoms with Crippen LogP contribution in [-0.2, 0) is 0 Å². The van der Waals surface area contributed by atoms with Crippen LogP contribution in [0.1, 0.15) is 0 Å². The van der Waals surface area contributed by atoms with E-state index < -0.39 is 15.8 Å². The minimum Gasteiger partial charge on any atom is -0.454 e. The molecule has 0 spiro atoms. The zero-order valence-electron chi connectivity index (χ0n) is 23.8. The molecule has 2 aliphatic heterocycles. The first-order valence-electron chi connectivity index (χ1n) is 14.5. The minimum absolute atomic E-state index is 0.175. The zero-order valence-corrected chi connectivity index (χ0v) is 25.6. The smallest absolute Gasteiger partial charge is 0.231 e. The van der Waals surface area contributed by atoms with E-state index in [2.05, 4.69) is 146 Å². The van der Waals surface area contributed by atoms with E-state index in [1.807, 2.05) is 0 Å². The lowest BCUT2D eigenvalue weighted by molar-refractivity contribution is 0.173. The van der Waals surface area contributed by atoms with Gasteiger partial charge < -0.3 is 18.9 Å². The second-order valence-corrected chi connectivity index (χ2v) is 14.8. The molecule has 44 heavy (non-hydrogen) atoms. The Morgan fingerprint density at radius 3 is 0.977 bits per heavy atom. The van der Waals surface area contributed by atoms with Crippen LogP contribution < -0.4 is 50.8 Å². The standard InChI is InChI=1S/C38H28O4P2/c1-5-13-27(14-6-1)43(28-15-7-2-8-16-28)33-23-21-31-37(41-25-39-31)35(33)36-34(24-22-32-38(36)42-26-40-32)44(29-17-9-3-10-18-29)30-19-11-4-12-20-30/h1-24H,25-26H2. The van der Waals surface area contributed by atoms with Crippen molar-refractivity contribution in [3.63, 3.8) is 0 Å². The van der Waals surface area contributed by atoms with E-state index in [0.717, 1.165) is 34.1 Å². The van der Waals surface area contributed by atoms with Gasteiger partial charge in [-0.3, -0.25) is 0 Å². The molecule has 0 aliphatic carbocycles. The summed E-state index contributed by atoms with van der Waals surface area (Å²) in [6, 6.07) is 51.6. The van der Waals surface area contributed by atoms with E-state index in [1.165, 1.54) is 31.8 Å². The second-order valence-electron chi connectivity index (χ2n) is 10.4. The fraction of sp³-hybridized carbons (Fsp3) is 0.0526. The Morgan fingerprint density at radius 2 is 0.659 bits per heavy atom. The quantitative estimate of drug-likeness (QED) is 0.198. The van der Waals surface area contributed by atoms with E-state index in [1.54, 1.807) is 0 Å². The van der Waals surface area contributed by atoms with Crippen LogP contribution in [0.3, 0.4) is 0 Å². The summed E-state index contributed by atoms with van der Waals surface area (Å²) in [4.78, 5) is 0. The minimum atomic E-state index is -0.968. The first-order valence-corrected chi connectivity index (χ1v) is 17.2. The van der Waals surface area contributed by atoms with Crippen LogP contribution in [0.5, 0.6) is 23.0 Å². The molecular formula is C38H28O4P2. The van der Waals surface area contributed by atoms with Crippen LogP contribution >= 0.6 is 15.8 Å². The van der Waals surface area contributed by atoms with Crippen molar-refractivity contribution in [2.45, 2.75) is 0 Å². The maximum atomic E-state index is 6.35. The summed E-state index contributed by atoms with van der Waals surface area (Å²) in [6.07, 6.45) is 0. The number of hydrogen-bond donors (Lipinski definition) is 0. The number of ether oxygens (including phenoxy) is 4. The predicted octanol–water partition coefficient (Wildman–Crippen LogP) is 6.33. The van der Waals surface area contributed by atoms with Crippen LogP contribution in [0.25, 0.3) is 11.1 Å². The van der Waals surface area contributed by atoms with Gasteiger partial charge in [-0.2, -0.15) is 0 Å². The molecule has 0 amide bonds. The van der Waals surface area contributed by atoms with Crippen molar-refractivity contribution in [2.75, 3.05) is 13.6 Å². The molecule has 0 unspecified atom stereocenters.